The number of hydrogen-bond acceptors (Lipinski definition) is 5. The first kappa shape index (κ1) is 15.2. The summed E-state index contributed by atoms with van der Waals surface area (Å²) in [6.45, 7) is 6.85. The Morgan fingerprint density at radius 3 is 2.84 bits per heavy atom. The molecule has 0 aliphatic rings. The Hall–Kier alpha value is -1.89. The van der Waals surface area contributed by atoms with Crippen molar-refractivity contribution in [3.63, 3.8) is 0 Å². The fraction of sp³-hybridized carbons (Fsp3) is 0.417. The highest BCUT2D eigenvalue weighted by molar-refractivity contribution is 7.09. The molecule has 1 N–H and O–H groups in total. The van der Waals surface area contributed by atoms with Crippen LogP contribution in [0, 0.1) is 6.92 Å². The predicted octanol–water partition coefficient (Wildman–Crippen LogP) is 2.05. The third-order valence-corrected chi connectivity index (χ3v) is 3.21. The number of carbonyl (C=O) groups excluding carboxylic acids is 1. The van der Waals surface area contributed by atoms with Crippen LogP contribution in [0.2, 0.25) is 0 Å². The standard InChI is InChI=1S/C12H16N2O4S/c1-4-5-18-12(17)14(8(2)11(15)16)6-10-7-19-9(3)13-10/h4,7-8H,1,5-6H2,2-3H3,(H,15,16). The average Bonchev–Trinajstić information content (AvgIpc) is 2.77. The highest BCUT2D eigenvalue weighted by Crippen LogP contribution is 2.13. The van der Waals surface area contributed by atoms with Gasteiger partial charge < -0.3 is 9.84 Å². The van der Waals surface area contributed by atoms with E-state index in [1.807, 2.05) is 6.92 Å². The molecule has 0 aliphatic heterocycles. The number of carbonyl (C=O) groups is 2. The molecule has 1 heterocycles. The maximum atomic E-state index is 11.8. The quantitative estimate of drug-likeness (QED) is 0.809. The van der Waals surface area contributed by atoms with Gasteiger partial charge in [-0.15, -0.1) is 11.3 Å². The predicted molar refractivity (Wildman–Crippen MR) is 71.0 cm³/mol. The van der Waals surface area contributed by atoms with Crippen LogP contribution in [0.1, 0.15) is 17.6 Å². The van der Waals surface area contributed by atoms with Gasteiger partial charge in [0.05, 0.1) is 17.2 Å². The highest BCUT2D eigenvalue weighted by atomic mass is 32.1. The largest absolute Gasteiger partial charge is 0.480 e. The minimum absolute atomic E-state index is 0.0395. The summed E-state index contributed by atoms with van der Waals surface area (Å²) in [5.74, 6) is -1.09. The molecular weight excluding hydrogens is 268 g/mol. The lowest BCUT2D eigenvalue weighted by atomic mass is 10.3. The summed E-state index contributed by atoms with van der Waals surface area (Å²) in [4.78, 5) is 28.2. The molecule has 0 aromatic carbocycles. The van der Waals surface area contributed by atoms with Crippen molar-refractivity contribution < 1.29 is 19.4 Å². The van der Waals surface area contributed by atoms with Gasteiger partial charge >= 0.3 is 12.1 Å². The molecular formula is C12H16N2O4S. The lowest BCUT2D eigenvalue weighted by molar-refractivity contribution is -0.142. The smallest absolute Gasteiger partial charge is 0.411 e. The van der Waals surface area contributed by atoms with E-state index in [9.17, 15) is 9.59 Å². The average molecular weight is 284 g/mol. The molecule has 0 saturated carbocycles. The molecule has 1 rings (SSSR count). The molecule has 7 heteroatoms. The summed E-state index contributed by atoms with van der Waals surface area (Å²) in [5, 5.41) is 11.7. The van der Waals surface area contributed by atoms with E-state index >= 15 is 0 Å². The molecule has 0 aliphatic carbocycles. The first-order valence-electron chi connectivity index (χ1n) is 5.63. The number of aliphatic carboxylic acids is 1. The second kappa shape index (κ2) is 6.89. The number of amides is 1. The van der Waals surface area contributed by atoms with Crippen LogP contribution < -0.4 is 0 Å². The second-order valence-electron chi connectivity index (χ2n) is 3.87. The lowest BCUT2D eigenvalue weighted by Crippen LogP contribution is -2.43. The van der Waals surface area contributed by atoms with Gasteiger partial charge in [-0.25, -0.2) is 14.6 Å². The molecule has 1 atom stereocenters. The zero-order chi connectivity index (χ0) is 14.4. The van der Waals surface area contributed by atoms with Crippen LogP contribution >= 0.6 is 11.3 Å². The number of carboxylic acid groups (broad SMARTS) is 1. The highest BCUT2D eigenvalue weighted by Gasteiger charge is 2.27. The van der Waals surface area contributed by atoms with E-state index < -0.39 is 18.1 Å². The third kappa shape index (κ3) is 4.36. The Kier molecular flexibility index (Phi) is 5.50. The number of ether oxygens (including phenoxy) is 1. The fourth-order valence-electron chi connectivity index (χ4n) is 1.36. The van der Waals surface area contributed by atoms with Crippen LogP contribution in [0.4, 0.5) is 4.79 Å². The Morgan fingerprint density at radius 2 is 2.37 bits per heavy atom. The van der Waals surface area contributed by atoms with Crippen molar-refractivity contribution >= 4 is 23.4 Å². The Morgan fingerprint density at radius 1 is 1.68 bits per heavy atom. The van der Waals surface area contributed by atoms with Gasteiger partial charge in [-0.3, -0.25) is 4.90 Å². The first-order valence-corrected chi connectivity index (χ1v) is 6.51. The van der Waals surface area contributed by atoms with Crippen LogP contribution in [-0.2, 0) is 16.1 Å². The molecule has 19 heavy (non-hydrogen) atoms. The van der Waals surface area contributed by atoms with E-state index in [2.05, 4.69) is 11.6 Å². The third-order valence-electron chi connectivity index (χ3n) is 2.38. The summed E-state index contributed by atoms with van der Waals surface area (Å²) in [7, 11) is 0. The minimum Gasteiger partial charge on any atom is -0.480 e. The maximum Gasteiger partial charge on any atom is 0.411 e. The lowest BCUT2D eigenvalue weighted by Gasteiger charge is -2.24. The van der Waals surface area contributed by atoms with Crippen molar-refractivity contribution in [1.29, 1.82) is 0 Å². The number of hydrogen-bond donors (Lipinski definition) is 1. The topological polar surface area (TPSA) is 79.7 Å². The monoisotopic (exact) mass is 284 g/mol. The van der Waals surface area contributed by atoms with Crippen LogP contribution in [0.15, 0.2) is 18.0 Å². The van der Waals surface area contributed by atoms with Gasteiger partial charge in [0.1, 0.15) is 12.6 Å². The molecule has 1 unspecified atom stereocenters. The van der Waals surface area contributed by atoms with Crippen molar-refractivity contribution in [2.45, 2.75) is 26.4 Å². The van der Waals surface area contributed by atoms with E-state index in [4.69, 9.17) is 9.84 Å². The number of aromatic nitrogens is 1. The zero-order valence-corrected chi connectivity index (χ0v) is 11.6. The van der Waals surface area contributed by atoms with Crippen molar-refractivity contribution in [2.24, 2.45) is 0 Å². The van der Waals surface area contributed by atoms with Crippen LogP contribution in [0.3, 0.4) is 0 Å². The van der Waals surface area contributed by atoms with Gasteiger partial charge in [0.15, 0.2) is 0 Å². The van der Waals surface area contributed by atoms with E-state index in [1.165, 1.54) is 24.3 Å². The van der Waals surface area contributed by atoms with Gasteiger partial charge in [-0.1, -0.05) is 12.7 Å². The molecule has 1 aromatic heterocycles. The number of rotatable bonds is 6. The van der Waals surface area contributed by atoms with Crippen molar-refractivity contribution in [2.75, 3.05) is 6.61 Å². The number of aryl methyl sites for hydroxylation is 1. The Labute approximate surface area is 115 Å². The SMILES string of the molecule is C=CCOC(=O)N(Cc1csc(C)n1)C(C)C(=O)O. The van der Waals surface area contributed by atoms with Crippen LogP contribution in [0.25, 0.3) is 0 Å². The van der Waals surface area contributed by atoms with Gasteiger partial charge in [0.25, 0.3) is 0 Å². The van der Waals surface area contributed by atoms with Gasteiger partial charge in [-0.2, -0.15) is 0 Å². The van der Waals surface area contributed by atoms with Crippen molar-refractivity contribution in [3.05, 3.63) is 28.7 Å². The molecule has 0 saturated heterocycles. The van der Waals surface area contributed by atoms with Gasteiger partial charge in [0.2, 0.25) is 0 Å². The molecule has 0 spiro atoms. The van der Waals surface area contributed by atoms with E-state index in [-0.39, 0.29) is 13.2 Å². The van der Waals surface area contributed by atoms with E-state index in [1.54, 1.807) is 5.38 Å². The molecule has 104 valence electrons. The van der Waals surface area contributed by atoms with Gasteiger partial charge in [-0.05, 0) is 13.8 Å². The van der Waals surface area contributed by atoms with Crippen LogP contribution in [0.5, 0.6) is 0 Å². The molecule has 0 radical (unpaired) electrons. The number of carboxylic acids is 1. The maximum absolute atomic E-state index is 11.8. The normalized spacial score (nSPS) is 11.7. The number of thiazole rings is 1. The van der Waals surface area contributed by atoms with Crippen molar-refractivity contribution in [3.8, 4) is 0 Å². The van der Waals surface area contributed by atoms with E-state index in [0.29, 0.717) is 5.69 Å². The summed E-state index contributed by atoms with van der Waals surface area (Å²) >= 11 is 1.44. The van der Waals surface area contributed by atoms with E-state index in [0.717, 1.165) is 9.91 Å². The summed E-state index contributed by atoms with van der Waals surface area (Å²) < 4.78 is 4.88. The molecule has 0 bridgehead atoms. The molecule has 0 fully saturated rings. The number of nitrogens with zero attached hydrogens (tertiary/aromatic N) is 2. The first-order chi connectivity index (χ1) is 8.95. The van der Waals surface area contributed by atoms with Crippen molar-refractivity contribution in [1.82, 2.24) is 9.88 Å². The zero-order valence-electron chi connectivity index (χ0n) is 10.8. The molecule has 1 aromatic rings. The summed E-state index contributed by atoms with van der Waals surface area (Å²) in [5.41, 5.74) is 0.645. The molecule has 1 amide bonds. The minimum atomic E-state index is -1.09. The Bertz CT molecular complexity index is 472. The second-order valence-corrected chi connectivity index (χ2v) is 4.93. The fourth-order valence-corrected chi connectivity index (χ4v) is 1.97. The molecule has 6 nitrogen and oxygen atoms in total. The van der Waals surface area contributed by atoms with Gasteiger partial charge in [0, 0.05) is 5.38 Å². The Balaban J connectivity index is 2.82. The summed E-state index contributed by atoms with van der Waals surface area (Å²) in [6.07, 6.45) is 0.731. The summed E-state index contributed by atoms with van der Waals surface area (Å²) in [6, 6.07) is -0.987. The van der Waals surface area contributed by atoms with Crippen LogP contribution in [-0.4, -0.2) is 39.7 Å².